The van der Waals surface area contributed by atoms with Crippen molar-refractivity contribution in [2.45, 2.75) is 31.7 Å². The first-order chi connectivity index (χ1) is 11.7. The van der Waals surface area contributed by atoms with Crippen molar-refractivity contribution in [1.82, 2.24) is 20.0 Å². The summed E-state index contributed by atoms with van der Waals surface area (Å²) in [5.41, 5.74) is 0.592. The lowest BCUT2D eigenvalue weighted by molar-refractivity contribution is 0.164. The number of hydrogen-bond donors (Lipinski definition) is 0. The number of pyridine rings is 1. The van der Waals surface area contributed by atoms with Gasteiger partial charge in [0.2, 0.25) is 5.89 Å². The molecule has 1 saturated carbocycles. The summed E-state index contributed by atoms with van der Waals surface area (Å²) in [7, 11) is 0. The second kappa shape index (κ2) is 6.21. The van der Waals surface area contributed by atoms with E-state index in [2.05, 4.69) is 37.9 Å². The molecule has 7 nitrogen and oxygen atoms in total. The predicted octanol–water partition coefficient (Wildman–Crippen LogP) is 2.10. The molecule has 0 unspecified atom stereocenters. The maximum Gasteiger partial charge on any atom is 0.243 e. The standard InChI is InChI=1S/C17H20N6O/c1-12(17-20-16(21-24-17)14-3-4-14)22-6-8-23(9-7-22)15-5-2-13(10-18)11-19-15/h2,5,11-12,14H,3-4,6-9H2,1H3/t12-/m1/s1. The van der Waals surface area contributed by atoms with Crippen molar-refractivity contribution < 1.29 is 4.52 Å². The highest BCUT2D eigenvalue weighted by Gasteiger charge is 2.31. The van der Waals surface area contributed by atoms with E-state index in [-0.39, 0.29) is 6.04 Å². The van der Waals surface area contributed by atoms with Crippen LogP contribution in [0.15, 0.2) is 22.9 Å². The Morgan fingerprint density at radius 3 is 2.67 bits per heavy atom. The fourth-order valence-corrected chi connectivity index (χ4v) is 3.06. The number of rotatable bonds is 4. The molecular formula is C17H20N6O. The summed E-state index contributed by atoms with van der Waals surface area (Å²) < 4.78 is 5.46. The van der Waals surface area contributed by atoms with Crippen LogP contribution in [0.25, 0.3) is 0 Å². The van der Waals surface area contributed by atoms with Gasteiger partial charge < -0.3 is 9.42 Å². The Morgan fingerprint density at radius 2 is 2.04 bits per heavy atom. The van der Waals surface area contributed by atoms with E-state index in [1.807, 2.05) is 12.1 Å². The van der Waals surface area contributed by atoms with Gasteiger partial charge in [-0.2, -0.15) is 10.2 Å². The third kappa shape index (κ3) is 2.97. The molecule has 0 N–H and O–H groups in total. The van der Waals surface area contributed by atoms with Crippen LogP contribution in [-0.4, -0.2) is 46.2 Å². The maximum atomic E-state index is 8.85. The zero-order valence-corrected chi connectivity index (χ0v) is 13.7. The molecule has 2 aromatic rings. The number of aromatic nitrogens is 3. The Hall–Kier alpha value is -2.46. The van der Waals surface area contributed by atoms with E-state index in [1.165, 1.54) is 12.8 Å². The summed E-state index contributed by atoms with van der Waals surface area (Å²) in [6, 6.07) is 5.97. The molecule has 7 heteroatoms. The van der Waals surface area contributed by atoms with Crippen LogP contribution in [0.3, 0.4) is 0 Å². The lowest BCUT2D eigenvalue weighted by Crippen LogP contribution is -2.47. The normalized spacial score (nSPS) is 19.9. The third-order valence-electron chi connectivity index (χ3n) is 4.82. The van der Waals surface area contributed by atoms with Crippen LogP contribution in [0.5, 0.6) is 0 Å². The fraction of sp³-hybridized carbons (Fsp3) is 0.529. The van der Waals surface area contributed by atoms with Gasteiger partial charge in [-0.25, -0.2) is 4.98 Å². The minimum atomic E-state index is 0.140. The average Bonchev–Trinajstić information content (AvgIpc) is 3.38. The van der Waals surface area contributed by atoms with Crippen LogP contribution in [0.4, 0.5) is 5.82 Å². The third-order valence-corrected chi connectivity index (χ3v) is 4.82. The SMILES string of the molecule is C[C@H](c1nc(C2CC2)no1)N1CCN(c2ccc(C#N)cn2)CC1. The van der Waals surface area contributed by atoms with E-state index in [4.69, 9.17) is 9.78 Å². The molecule has 2 aliphatic rings. The van der Waals surface area contributed by atoms with E-state index in [9.17, 15) is 0 Å². The van der Waals surface area contributed by atoms with Gasteiger partial charge in [0.25, 0.3) is 0 Å². The molecule has 0 aromatic carbocycles. The van der Waals surface area contributed by atoms with Gasteiger partial charge in [0.1, 0.15) is 11.9 Å². The molecule has 2 aromatic heterocycles. The topological polar surface area (TPSA) is 82.1 Å². The molecule has 1 aliphatic heterocycles. The van der Waals surface area contributed by atoms with Crippen LogP contribution >= 0.6 is 0 Å². The smallest absolute Gasteiger partial charge is 0.243 e. The number of hydrogen-bond acceptors (Lipinski definition) is 7. The second-order valence-electron chi connectivity index (χ2n) is 6.48. The van der Waals surface area contributed by atoms with Gasteiger partial charge in [-0.3, -0.25) is 4.90 Å². The van der Waals surface area contributed by atoms with Crippen molar-refractivity contribution in [2.24, 2.45) is 0 Å². The van der Waals surface area contributed by atoms with E-state index in [1.54, 1.807) is 6.20 Å². The molecule has 0 spiro atoms. The molecular weight excluding hydrogens is 304 g/mol. The monoisotopic (exact) mass is 324 g/mol. The molecule has 3 heterocycles. The summed E-state index contributed by atoms with van der Waals surface area (Å²) in [4.78, 5) is 13.6. The first-order valence-corrected chi connectivity index (χ1v) is 8.43. The summed E-state index contributed by atoms with van der Waals surface area (Å²) in [5, 5.41) is 13.0. The van der Waals surface area contributed by atoms with Gasteiger partial charge >= 0.3 is 0 Å². The Bertz CT molecular complexity index is 737. The van der Waals surface area contributed by atoms with Crippen molar-refractivity contribution in [3.8, 4) is 6.07 Å². The average molecular weight is 324 g/mol. The van der Waals surface area contributed by atoms with E-state index >= 15 is 0 Å². The number of anilines is 1. The van der Waals surface area contributed by atoms with Gasteiger partial charge in [-0.05, 0) is 31.9 Å². The number of nitriles is 1. The quantitative estimate of drug-likeness (QED) is 0.851. The van der Waals surface area contributed by atoms with Crippen LogP contribution in [-0.2, 0) is 0 Å². The molecule has 0 amide bonds. The molecule has 0 bridgehead atoms. The summed E-state index contributed by atoms with van der Waals surface area (Å²) in [6.45, 7) is 5.76. The first-order valence-electron chi connectivity index (χ1n) is 8.43. The first kappa shape index (κ1) is 15.1. The number of nitrogens with zero attached hydrogens (tertiary/aromatic N) is 6. The van der Waals surface area contributed by atoms with E-state index < -0.39 is 0 Å². The predicted molar refractivity (Wildman–Crippen MR) is 87.4 cm³/mol. The van der Waals surface area contributed by atoms with Crippen LogP contribution in [0.1, 0.15) is 49.0 Å². The highest BCUT2D eigenvalue weighted by molar-refractivity contribution is 5.42. The minimum absolute atomic E-state index is 0.140. The lowest BCUT2D eigenvalue weighted by Gasteiger charge is -2.37. The molecule has 1 aliphatic carbocycles. The Kier molecular flexibility index (Phi) is 3.90. The summed E-state index contributed by atoms with van der Waals surface area (Å²) >= 11 is 0. The van der Waals surface area contributed by atoms with Gasteiger partial charge in [-0.15, -0.1) is 0 Å². The van der Waals surface area contributed by atoms with Crippen LogP contribution < -0.4 is 4.90 Å². The van der Waals surface area contributed by atoms with Crippen molar-refractivity contribution in [1.29, 1.82) is 5.26 Å². The second-order valence-corrected chi connectivity index (χ2v) is 6.48. The molecule has 1 saturated heterocycles. The Labute approximate surface area is 140 Å². The van der Waals surface area contributed by atoms with E-state index in [0.29, 0.717) is 11.5 Å². The molecule has 1 atom stereocenters. The van der Waals surface area contributed by atoms with E-state index in [0.717, 1.165) is 43.7 Å². The highest BCUT2D eigenvalue weighted by atomic mass is 16.5. The van der Waals surface area contributed by atoms with Gasteiger partial charge in [0, 0.05) is 38.3 Å². The van der Waals surface area contributed by atoms with Gasteiger partial charge in [-0.1, -0.05) is 5.16 Å². The van der Waals surface area contributed by atoms with Crippen LogP contribution in [0, 0.1) is 11.3 Å². The zero-order valence-electron chi connectivity index (χ0n) is 13.7. The van der Waals surface area contributed by atoms with Crippen LogP contribution in [0.2, 0.25) is 0 Å². The lowest BCUT2D eigenvalue weighted by atomic mass is 10.2. The fourth-order valence-electron chi connectivity index (χ4n) is 3.06. The van der Waals surface area contributed by atoms with Gasteiger partial charge in [0.15, 0.2) is 5.82 Å². The maximum absolute atomic E-state index is 8.85. The molecule has 124 valence electrons. The molecule has 24 heavy (non-hydrogen) atoms. The highest BCUT2D eigenvalue weighted by Crippen LogP contribution is 2.38. The Morgan fingerprint density at radius 1 is 1.25 bits per heavy atom. The summed E-state index contributed by atoms with van der Waals surface area (Å²) in [5.74, 6) is 3.04. The Balaban J connectivity index is 1.36. The van der Waals surface area contributed by atoms with Crippen molar-refractivity contribution >= 4 is 5.82 Å². The van der Waals surface area contributed by atoms with Crippen molar-refractivity contribution in [3.63, 3.8) is 0 Å². The molecule has 2 fully saturated rings. The largest absolute Gasteiger partial charge is 0.354 e. The zero-order chi connectivity index (χ0) is 16.5. The minimum Gasteiger partial charge on any atom is -0.354 e. The summed E-state index contributed by atoms with van der Waals surface area (Å²) in [6.07, 6.45) is 4.00. The molecule has 4 rings (SSSR count). The van der Waals surface area contributed by atoms with Crippen molar-refractivity contribution in [2.75, 3.05) is 31.1 Å². The molecule has 0 radical (unpaired) electrons. The van der Waals surface area contributed by atoms with Gasteiger partial charge in [0.05, 0.1) is 11.6 Å². The van der Waals surface area contributed by atoms with Crippen molar-refractivity contribution in [3.05, 3.63) is 35.6 Å². The number of piperazine rings is 1.